The van der Waals surface area contributed by atoms with Crippen LogP contribution >= 0.6 is 15.9 Å². The van der Waals surface area contributed by atoms with E-state index in [1.54, 1.807) is 0 Å². The quantitative estimate of drug-likeness (QED) is 0.932. The summed E-state index contributed by atoms with van der Waals surface area (Å²) in [5, 5.41) is 3.62. The lowest BCUT2D eigenvalue weighted by Gasteiger charge is -2.28. The van der Waals surface area contributed by atoms with Crippen LogP contribution in [0.5, 0.6) is 5.75 Å². The Hall–Kier alpha value is -1.56. The van der Waals surface area contributed by atoms with Crippen LogP contribution in [-0.4, -0.2) is 11.3 Å². The van der Waals surface area contributed by atoms with E-state index in [1.165, 1.54) is 18.3 Å². The van der Waals surface area contributed by atoms with Crippen LogP contribution in [0.3, 0.4) is 0 Å². The Balaban J connectivity index is 2.07. The number of nitrogen functional groups attached to an aromatic ring is 1. The van der Waals surface area contributed by atoms with Crippen LogP contribution in [0, 0.1) is 5.82 Å². The minimum absolute atomic E-state index is 0.149. The first-order chi connectivity index (χ1) is 9.15. The maximum atomic E-state index is 13.6. The standard InChI is InChI=1S/C13H12BrFN2O2/c14-11-5-7(15)4-9(10-6-17-19-13(10)16)12(11)18-8-2-1-3-8/h4-6,8H,1-3,16H2. The van der Waals surface area contributed by atoms with Crippen molar-refractivity contribution < 1.29 is 13.7 Å². The van der Waals surface area contributed by atoms with E-state index in [1.807, 2.05) is 0 Å². The average molecular weight is 327 g/mol. The van der Waals surface area contributed by atoms with E-state index in [2.05, 4.69) is 21.1 Å². The molecule has 1 aliphatic carbocycles. The molecule has 0 unspecified atom stereocenters. The van der Waals surface area contributed by atoms with Crippen molar-refractivity contribution in [3.8, 4) is 16.9 Å². The fourth-order valence-corrected chi connectivity index (χ4v) is 2.51. The highest BCUT2D eigenvalue weighted by molar-refractivity contribution is 9.10. The molecule has 1 aromatic heterocycles. The topological polar surface area (TPSA) is 61.3 Å². The molecule has 3 rings (SSSR count). The third kappa shape index (κ3) is 2.32. The summed E-state index contributed by atoms with van der Waals surface area (Å²) >= 11 is 3.33. The smallest absolute Gasteiger partial charge is 0.230 e. The number of hydrogen-bond acceptors (Lipinski definition) is 4. The Morgan fingerprint density at radius 1 is 1.37 bits per heavy atom. The van der Waals surface area contributed by atoms with Gasteiger partial charge in [-0.1, -0.05) is 5.16 Å². The third-order valence-electron chi connectivity index (χ3n) is 3.23. The molecule has 1 fully saturated rings. The number of benzene rings is 1. The van der Waals surface area contributed by atoms with Gasteiger partial charge >= 0.3 is 0 Å². The molecule has 4 nitrogen and oxygen atoms in total. The predicted octanol–water partition coefficient (Wildman–Crippen LogP) is 3.76. The van der Waals surface area contributed by atoms with Crippen molar-refractivity contribution in [1.29, 1.82) is 0 Å². The van der Waals surface area contributed by atoms with Gasteiger partial charge in [-0.15, -0.1) is 0 Å². The Morgan fingerprint density at radius 3 is 2.74 bits per heavy atom. The van der Waals surface area contributed by atoms with Gasteiger partial charge in [-0.2, -0.15) is 0 Å². The number of aromatic nitrogens is 1. The van der Waals surface area contributed by atoms with Crippen LogP contribution in [0.25, 0.3) is 11.1 Å². The zero-order chi connectivity index (χ0) is 13.4. The number of halogens is 2. The normalized spacial score (nSPS) is 15.3. The molecule has 0 radical (unpaired) electrons. The molecule has 0 atom stereocenters. The molecule has 1 heterocycles. The summed E-state index contributed by atoms with van der Waals surface area (Å²) in [6.07, 6.45) is 4.84. The SMILES string of the molecule is Nc1oncc1-c1cc(F)cc(Br)c1OC1CCC1. The van der Waals surface area contributed by atoms with Crippen LogP contribution in [0.15, 0.2) is 27.3 Å². The van der Waals surface area contributed by atoms with E-state index in [0.29, 0.717) is 21.3 Å². The average Bonchev–Trinajstić information content (AvgIpc) is 2.71. The van der Waals surface area contributed by atoms with E-state index in [4.69, 9.17) is 15.0 Å². The molecular weight excluding hydrogens is 315 g/mol. The molecular formula is C13H12BrFN2O2. The number of rotatable bonds is 3. The molecule has 2 N–H and O–H groups in total. The van der Waals surface area contributed by atoms with Crippen molar-refractivity contribution in [2.45, 2.75) is 25.4 Å². The number of nitrogens with two attached hydrogens (primary N) is 1. The molecule has 0 saturated heterocycles. The fraction of sp³-hybridized carbons (Fsp3) is 0.308. The minimum atomic E-state index is -0.372. The van der Waals surface area contributed by atoms with Crippen LogP contribution in [0.2, 0.25) is 0 Å². The molecule has 6 heteroatoms. The first kappa shape index (κ1) is 12.5. The monoisotopic (exact) mass is 326 g/mol. The van der Waals surface area contributed by atoms with Gasteiger partial charge in [0.25, 0.3) is 0 Å². The minimum Gasteiger partial charge on any atom is -0.489 e. The van der Waals surface area contributed by atoms with Crippen LogP contribution in [-0.2, 0) is 0 Å². The number of anilines is 1. The number of hydrogen-bond donors (Lipinski definition) is 1. The van der Waals surface area contributed by atoms with Crippen molar-refractivity contribution >= 4 is 21.8 Å². The molecule has 1 saturated carbocycles. The van der Waals surface area contributed by atoms with E-state index < -0.39 is 0 Å². The first-order valence-electron chi connectivity index (χ1n) is 6.01. The van der Waals surface area contributed by atoms with Crippen molar-refractivity contribution in [3.05, 3.63) is 28.6 Å². The van der Waals surface area contributed by atoms with Gasteiger partial charge in [0.1, 0.15) is 11.6 Å². The molecule has 0 amide bonds. The zero-order valence-corrected chi connectivity index (χ0v) is 11.6. The van der Waals surface area contributed by atoms with Crippen molar-refractivity contribution in [2.75, 3.05) is 5.73 Å². The van der Waals surface area contributed by atoms with Crippen LogP contribution in [0.4, 0.5) is 10.3 Å². The second kappa shape index (κ2) is 4.85. The maximum absolute atomic E-state index is 13.6. The van der Waals surface area contributed by atoms with Crippen LogP contribution < -0.4 is 10.5 Å². The molecule has 2 aromatic rings. The highest BCUT2D eigenvalue weighted by atomic mass is 79.9. The summed E-state index contributed by atoms with van der Waals surface area (Å²) in [4.78, 5) is 0. The third-order valence-corrected chi connectivity index (χ3v) is 3.82. The first-order valence-corrected chi connectivity index (χ1v) is 6.80. The molecule has 1 aliphatic rings. The largest absolute Gasteiger partial charge is 0.489 e. The van der Waals surface area contributed by atoms with Crippen LogP contribution in [0.1, 0.15) is 19.3 Å². The highest BCUT2D eigenvalue weighted by Gasteiger charge is 2.24. The predicted molar refractivity (Wildman–Crippen MR) is 72.3 cm³/mol. The fourth-order valence-electron chi connectivity index (χ4n) is 1.99. The van der Waals surface area contributed by atoms with E-state index in [-0.39, 0.29) is 17.8 Å². The van der Waals surface area contributed by atoms with E-state index in [9.17, 15) is 4.39 Å². The van der Waals surface area contributed by atoms with Crippen molar-refractivity contribution in [1.82, 2.24) is 5.16 Å². The van der Waals surface area contributed by atoms with Crippen molar-refractivity contribution in [2.24, 2.45) is 0 Å². The van der Waals surface area contributed by atoms with E-state index in [0.717, 1.165) is 19.3 Å². The second-order valence-corrected chi connectivity index (χ2v) is 5.39. The molecule has 0 bridgehead atoms. The van der Waals surface area contributed by atoms with Gasteiger partial charge in [-0.25, -0.2) is 4.39 Å². The lowest BCUT2D eigenvalue weighted by molar-refractivity contribution is 0.120. The van der Waals surface area contributed by atoms with Gasteiger partial charge in [0.15, 0.2) is 0 Å². The van der Waals surface area contributed by atoms with Gasteiger partial charge in [-0.05, 0) is 47.3 Å². The lowest BCUT2D eigenvalue weighted by Crippen LogP contribution is -2.25. The highest BCUT2D eigenvalue weighted by Crippen LogP contribution is 2.41. The van der Waals surface area contributed by atoms with Gasteiger partial charge < -0.3 is 15.0 Å². The molecule has 0 spiro atoms. The van der Waals surface area contributed by atoms with Crippen molar-refractivity contribution in [3.63, 3.8) is 0 Å². The summed E-state index contributed by atoms with van der Waals surface area (Å²) in [5.41, 5.74) is 6.79. The second-order valence-electron chi connectivity index (χ2n) is 4.54. The zero-order valence-electron chi connectivity index (χ0n) is 10.0. The Labute approximate surface area is 117 Å². The summed E-state index contributed by atoms with van der Waals surface area (Å²) in [6.45, 7) is 0. The van der Waals surface area contributed by atoms with Gasteiger partial charge in [0.2, 0.25) is 5.88 Å². The summed E-state index contributed by atoms with van der Waals surface area (Å²) < 4.78 is 24.9. The number of ether oxygens (including phenoxy) is 1. The van der Waals surface area contributed by atoms with Gasteiger partial charge in [0.05, 0.1) is 22.3 Å². The Kier molecular flexibility index (Phi) is 3.18. The number of nitrogens with zero attached hydrogens (tertiary/aromatic N) is 1. The maximum Gasteiger partial charge on any atom is 0.230 e. The lowest BCUT2D eigenvalue weighted by atomic mass is 9.96. The Morgan fingerprint density at radius 2 is 2.16 bits per heavy atom. The summed E-state index contributed by atoms with van der Waals surface area (Å²) in [7, 11) is 0. The molecule has 1 aromatic carbocycles. The summed E-state index contributed by atoms with van der Waals surface area (Å²) in [5.74, 6) is 0.361. The molecule has 100 valence electrons. The molecule has 0 aliphatic heterocycles. The molecule has 19 heavy (non-hydrogen) atoms. The summed E-state index contributed by atoms with van der Waals surface area (Å²) in [6, 6.07) is 2.75. The van der Waals surface area contributed by atoms with Gasteiger partial charge in [0, 0.05) is 5.56 Å². The Bertz CT molecular complexity index is 611. The van der Waals surface area contributed by atoms with E-state index >= 15 is 0 Å². The van der Waals surface area contributed by atoms with Gasteiger partial charge in [-0.3, -0.25) is 0 Å².